The van der Waals surface area contributed by atoms with Gasteiger partial charge in [-0.3, -0.25) is 14.3 Å². The first-order chi connectivity index (χ1) is 17.6. The van der Waals surface area contributed by atoms with Crippen LogP contribution >= 0.6 is 11.8 Å². The molecule has 0 aliphatic carbocycles. The highest BCUT2D eigenvalue weighted by atomic mass is 32.2. The van der Waals surface area contributed by atoms with E-state index >= 15 is 0 Å². The Kier molecular flexibility index (Phi) is 8.30. The van der Waals surface area contributed by atoms with Crippen molar-refractivity contribution in [1.29, 1.82) is 0 Å². The van der Waals surface area contributed by atoms with Gasteiger partial charge in [-0.25, -0.2) is 5.43 Å². The van der Waals surface area contributed by atoms with Gasteiger partial charge in [-0.2, -0.15) is 5.10 Å². The van der Waals surface area contributed by atoms with Gasteiger partial charge in [0.25, 0.3) is 5.91 Å². The Morgan fingerprint density at radius 3 is 2.47 bits per heavy atom. The lowest BCUT2D eigenvalue weighted by molar-refractivity contribution is -0.118. The van der Waals surface area contributed by atoms with Crippen molar-refractivity contribution >= 4 is 23.4 Å². The zero-order valence-corrected chi connectivity index (χ0v) is 21.0. The molecule has 4 aromatic rings. The lowest BCUT2D eigenvalue weighted by atomic mass is 10.1. The van der Waals surface area contributed by atoms with E-state index < -0.39 is 0 Å². The van der Waals surface area contributed by atoms with E-state index in [2.05, 4.69) is 25.7 Å². The minimum Gasteiger partial charge on any atom is -0.497 e. The van der Waals surface area contributed by atoms with Crippen molar-refractivity contribution in [1.82, 2.24) is 25.2 Å². The highest BCUT2D eigenvalue weighted by Gasteiger charge is 2.17. The number of carbonyl (C=O) groups excluding carboxylic acids is 1. The molecule has 4 rings (SSSR count). The third-order valence-electron chi connectivity index (χ3n) is 5.15. The largest absolute Gasteiger partial charge is 0.497 e. The number of hydrogen-bond donors (Lipinski definition) is 1. The molecule has 2 aromatic carbocycles. The molecule has 0 saturated heterocycles. The predicted molar refractivity (Wildman–Crippen MR) is 140 cm³/mol. The SMILES string of the molecule is CCOc1ccc(-n2c(SCC(=O)N/N=C(/C)c3ccc(OC)cc3)nnc2-c2cccnc2)cc1. The molecule has 0 saturated carbocycles. The lowest BCUT2D eigenvalue weighted by Gasteiger charge is -2.11. The second-order valence-electron chi connectivity index (χ2n) is 7.56. The molecule has 0 bridgehead atoms. The molecule has 0 unspecified atom stereocenters. The molecule has 0 spiro atoms. The second kappa shape index (κ2) is 12.0. The van der Waals surface area contributed by atoms with E-state index in [1.807, 2.05) is 79.1 Å². The molecule has 1 amide bonds. The molecule has 2 heterocycles. The van der Waals surface area contributed by atoms with Gasteiger partial charge in [0.1, 0.15) is 11.5 Å². The highest BCUT2D eigenvalue weighted by Crippen LogP contribution is 2.28. The maximum atomic E-state index is 12.6. The van der Waals surface area contributed by atoms with Crippen molar-refractivity contribution in [2.24, 2.45) is 5.10 Å². The molecule has 0 fully saturated rings. The molecule has 0 atom stereocenters. The van der Waals surface area contributed by atoms with Crippen LogP contribution in [0, 0.1) is 0 Å². The maximum absolute atomic E-state index is 12.6. The van der Waals surface area contributed by atoms with Crippen LogP contribution in [0.2, 0.25) is 0 Å². The van der Waals surface area contributed by atoms with Crippen molar-refractivity contribution in [2.75, 3.05) is 19.5 Å². The van der Waals surface area contributed by atoms with Crippen LogP contribution in [0.5, 0.6) is 11.5 Å². The van der Waals surface area contributed by atoms with Gasteiger partial charge in [-0.1, -0.05) is 11.8 Å². The molecular weight excluding hydrogens is 476 g/mol. The summed E-state index contributed by atoms with van der Waals surface area (Å²) in [6.07, 6.45) is 3.43. The van der Waals surface area contributed by atoms with Gasteiger partial charge in [0.2, 0.25) is 0 Å². The number of hydrogen-bond acceptors (Lipinski definition) is 8. The van der Waals surface area contributed by atoms with Crippen molar-refractivity contribution < 1.29 is 14.3 Å². The zero-order chi connectivity index (χ0) is 25.3. The summed E-state index contributed by atoms with van der Waals surface area (Å²) in [5, 5.41) is 13.5. The number of ether oxygens (including phenoxy) is 2. The summed E-state index contributed by atoms with van der Waals surface area (Å²) in [4.78, 5) is 16.8. The number of amides is 1. The summed E-state index contributed by atoms with van der Waals surface area (Å²) in [5.41, 5.74) is 5.85. The molecule has 184 valence electrons. The minimum atomic E-state index is -0.253. The monoisotopic (exact) mass is 502 g/mol. The number of methoxy groups -OCH3 is 1. The molecule has 9 nitrogen and oxygen atoms in total. The number of carbonyl (C=O) groups is 1. The number of thioether (sulfide) groups is 1. The average Bonchev–Trinajstić information content (AvgIpc) is 3.35. The van der Waals surface area contributed by atoms with Gasteiger partial charge in [0.05, 0.1) is 25.2 Å². The first-order valence-electron chi connectivity index (χ1n) is 11.3. The summed E-state index contributed by atoms with van der Waals surface area (Å²) in [7, 11) is 1.62. The van der Waals surface area contributed by atoms with Gasteiger partial charge in [0, 0.05) is 23.6 Å². The van der Waals surface area contributed by atoms with Crippen molar-refractivity contribution in [3.05, 3.63) is 78.6 Å². The van der Waals surface area contributed by atoms with Crippen molar-refractivity contribution in [3.8, 4) is 28.6 Å². The van der Waals surface area contributed by atoms with Crippen LogP contribution < -0.4 is 14.9 Å². The number of nitrogens with one attached hydrogen (secondary N) is 1. The van der Waals surface area contributed by atoms with Crippen molar-refractivity contribution in [3.63, 3.8) is 0 Å². The number of aromatic nitrogens is 4. The Hall–Kier alpha value is -4.18. The molecule has 0 aliphatic rings. The van der Waals surface area contributed by atoms with Crippen LogP contribution in [0.15, 0.2) is 83.3 Å². The highest BCUT2D eigenvalue weighted by molar-refractivity contribution is 7.99. The van der Waals surface area contributed by atoms with E-state index in [1.54, 1.807) is 19.5 Å². The molecule has 10 heteroatoms. The Morgan fingerprint density at radius 2 is 1.81 bits per heavy atom. The first-order valence-corrected chi connectivity index (χ1v) is 12.3. The van der Waals surface area contributed by atoms with Crippen LogP contribution in [-0.4, -0.2) is 50.8 Å². The number of hydrazone groups is 1. The molecule has 1 N–H and O–H groups in total. The normalized spacial score (nSPS) is 11.2. The topological polar surface area (TPSA) is 104 Å². The van der Waals surface area contributed by atoms with E-state index in [0.29, 0.717) is 23.3 Å². The van der Waals surface area contributed by atoms with E-state index in [1.165, 1.54) is 11.8 Å². The summed E-state index contributed by atoms with van der Waals surface area (Å²) in [5.74, 6) is 2.02. The van der Waals surface area contributed by atoms with E-state index in [9.17, 15) is 4.79 Å². The molecule has 36 heavy (non-hydrogen) atoms. The van der Waals surface area contributed by atoms with Gasteiger partial charge in [-0.15, -0.1) is 10.2 Å². The summed E-state index contributed by atoms with van der Waals surface area (Å²) in [6.45, 7) is 4.36. The number of nitrogens with zero attached hydrogens (tertiary/aromatic N) is 5. The minimum absolute atomic E-state index is 0.113. The van der Waals surface area contributed by atoms with Crippen LogP contribution in [0.25, 0.3) is 17.1 Å². The number of pyridine rings is 1. The van der Waals surface area contributed by atoms with Crippen molar-refractivity contribution in [2.45, 2.75) is 19.0 Å². The molecule has 0 aliphatic heterocycles. The molecule has 2 aromatic heterocycles. The van der Waals surface area contributed by atoms with Gasteiger partial charge < -0.3 is 9.47 Å². The maximum Gasteiger partial charge on any atom is 0.250 e. The number of rotatable bonds is 10. The third-order valence-corrected chi connectivity index (χ3v) is 6.08. The Bertz CT molecular complexity index is 1320. The lowest BCUT2D eigenvalue weighted by Crippen LogP contribution is -2.21. The standard InChI is InChI=1S/C26H26N6O3S/c1-4-35-23-13-9-21(10-14-23)32-25(20-6-5-15-27-16-20)30-31-26(32)36-17-24(33)29-28-18(2)19-7-11-22(34-3)12-8-19/h5-16H,4,17H2,1-3H3,(H,29,33)/b28-18-. The van der Waals surface area contributed by atoms with Crippen LogP contribution in [0.1, 0.15) is 19.4 Å². The predicted octanol–water partition coefficient (Wildman–Crippen LogP) is 4.37. The van der Waals surface area contributed by atoms with E-state index in [4.69, 9.17) is 9.47 Å². The van der Waals surface area contributed by atoms with Gasteiger partial charge in [0.15, 0.2) is 11.0 Å². The second-order valence-corrected chi connectivity index (χ2v) is 8.50. The fourth-order valence-corrected chi connectivity index (χ4v) is 4.09. The molecule has 0 radical (unpaired) electrons. The van der Waals surface area contributed by atoms with Gasteiger partial charge >= 0.3 is 0 Å². The Morgan fingerprint density at radius 1 is 1.06 bits per heavy atom. The first kappa shape index (κ1) is 24.9. The quantitative estimate of drug-likeness (QED) is 0.195. The van der Waals surface area contributed by atoms with Crippen LogP contribution in [0.3, 0.4) is 0 Å². The Labute approximate surface area is 213 Å². The fourth-order valence-electron chi connectivity index (χ4n) is 3.34. The Balaban J connectivity index is 1.50. The fraction of sp³-hybridized carbons (Fsp3) is 0.192. The average molecular weight is 503 g/mol. The third kappa shape index (κ3) is 6.08. The van der Waals surface area contributed by atoms with Gasteiger partial charge in [-0.05, 0) is 80.1 Å². The van der Waals surface area contributed by atoms with Crippen LogP contribution in [0.4, 0.5) is 0 Å². The zero-order valence-electron chi connectivity index (χ0n) is 20.2. The summed E-state index contributed by atoms with van der Waals surface area (Å²) >= 11 is 1.27. The summed E-state index contributed by atoms with van der Waals surface area (Å²) < 4.78 is 12.6. The van der Waals surface area contributed by atoms with E-state index in [0.717, 1.165) is 28.3 Å². The summed E-state index contributed by atoms with van der Waals surface area (Å²) in [6, 6.07) is 18.9. The smallest absolute Gasteiger partial charge is 0.250 e. The van der Waals surface area contributed by atoms with E-state index in [-0.39, 0.29) is 11.7 Å². The molecular formula is C26H26N6O3S. The number of benzene rings is 2. The van der Waals surface area contributed by atoms with Crippen LogP contribution in [-0.2, 0) is 4.79 Å².